The Bertz CT molecular complexity index is 264. The molecule has 0 bridgehead atoms. The largest absolute Gasteiger partial charge is 2.00 e. The van der Waals surface area contributed by atoms with Crippen LogP contribution in [0, 0.1) is 0 Å². The van der Waals surface area contributed by atoms with Gasteiger partial charge in [-0.3, -0.25) is 0 Å². The molecule has 0 fully saturated rings. The van der Waals surface area contributed by atoms with Crippen molar-refractivity contribution in [2.75, 3.05) is 0 Å². The molecule has 0 aromatic rings. The van der Waals surface area contributed by atoms with E-state index in [2.05, 4.69) is 0 Å². The minimum Gasteiger partial charge on any atom is -0.416 e. The Kier molecular flexibility index (Phi) is 9.92. The number of halogens is 6. The SMILES string of the molecule is O=[S-](=O)C(F)(F)F.O=[S-](=O)C(F)(F)F.[Co+2]. The molecule has 0 aromatic heterocycles. The van der Waals surface area contributed by atoms with Gasteiger partial charge in [-0.05, 0) is 0 Å². The molecule has 0 aliphatic rings. The predicted octanol–water partition coefficient (Wildman–Crippen LogP) is 1.63. The van der Waals surface area contributed by atoms with Crippen molar-refractivity contribution < 1.29 is 60.0 Å². The third-order valence-corrected chi connectivity index (χ3v) is 1.13. The van der Waals surface area contributed by atoms with Gasteiger partial charge in [0.2, 0.25) is 0 Å². The first kappa shape index (κ1) is 20.4. The summed E-state index contributed by atoms with van der Waals surface area (Å²) in [6.07, 6.45) is 0. The summed E-state index contributed by atoms with van der Waals surface area (Å²) in [5.41, 5.74) is -10.2. The van der Waals surface area contributed by atoms with Crippen molar-refractivity contribution in [3.05, 3.63) is 0 Å². The summed E-state index contributed by atoms with van der Waals surface area (Å²) in [6, 6.07) is 0. The summed E-state index contributed by atoms with van der Waals surface area (Å²) >= 11 is 0. The molecule has 95 valence electrons. The second kappa shape index (κ2) is 7.29. The van der Waals surface area contributed by atoms with Crippen molar-refractivity contribution in [2.24, 2.45) is 0 Å². The Hall–Kier alpha value is -0.0135. The van der Waals surface area contributed by atoms with Crippen LogP contribution < -0.4 is 0 Å². The molecule has 13 heteroatoms. The topological polar surface area (TPSA) is 68.3 Å². The molecule has 0 heterocycles. The van der Waals surface area contributed by atoms with Crippen LogP contribution in [0.4, 0.5) is 26.3 Å². The van der Waals surface area contributed by atoms with Crippen molar-refractivity contribution in [3.63, 3.8) is 0 Å². The average Bonchev–Trinajstić information content (AvgIpc) is 1.83. The molecular weight excluding hydrogens is 325 g/mol. The molecule has 0 atom stereocenters. The maximum atomic E-state index is 10.6. The van der Waals surface area contributed by atoms with E-state index in [1.165, 1.54) is 0 Å². The van der Waals surface area contributed by atoms with Crippen LogP contribution >= 0.6 is 0 Å². The van der Waals surface area contributed by atoms with Crippen molar-refractivity contribution >= 4 is 21.4 Å². The standard InChI is InChI=1S/2CF3O2S.Co/c2*2-1(3,4)7(5)6;/q2*-1;+2. The van der Waals surface area contributed by atoms with E-state index < -0.39 is 32.4 Å². The van der Waals surface area contributed by atoms with E-state index in [9.17, 15) is 26.3 Å². The number of rotatable bonds is 0. The quantitative estimate of drug-likeness (QED) is 0.501. The maximum Gasteiger partial charge on any atom is 2.00 e. The van der Waals surface area contributed by atoms with Crippen LogP contribution in [0.25, 0.3) is 0 Å². The van der Waals surface area contributed by atoms with Gasteiger partial charge in [0.05, 0.1) is 0 Å². The summed E-state index contributed by atoms with van der Waals surface area (Å²) in [5.74, 6) is 0. The van der Waals surface area contributed by atoms with Crippen molar-refractivity contribution in [3.8, 4) is 0 Å². The predicted molar refractivity (Wildman–Crippen MR) is 29.6 cm³/mol. The van der Waals surface area contributed by atoms with Crippen molar-refractivity contribution in [1.82, 2.24) is 0 Å². The van der Waals surface area contributed by atoms with Gasteiger partial charge in [0, 0.05) is 21.4 Å². The summed E-state index contributed by atoms with van der Waals surface area (Å²) in [6.45, 7) is 0. The first-order valence-corrected chi connectivity index (χ1v) is 4.36. The number of hydrogen-bond donors (Lipinski definition) is 0. The Morgan fingerprint density at radius 3 is 0.667 bits per heavy atom. The molecular formula is C2CoF6O4S2. The van der Waals surface area contributed by atoms with E-state index in [0.29, 0.717) is 0 Å². The van der Waals surface area contributed by atoms with Crippen LogP contribution in [0.5, 0.6) is 0 Å². The zero-order valence-corrected chi connectivity index (χ0v) is 8.72. The molecule has 0 spiro atoms. The zero-order chi connectivity index (χ0) is 12.2. The molecule has 0 unspecified atom stereocenters. The third kappa shape index (κ3) is 14.0. The Labute approximate surface area is 92.7 Å². The molecule has 0 saturated carbocycles. The second-order valence-electron chi connectivity index (χ2n) is 1.36. The Morgan fingerprint density at radius 2 is 0.667 bits per heavy atom. The molecule has 0 amide bonds. The second-order valence-corrected chi connectivity index (χ2v) is 3.23. The van der Waals surface area contributed by atoms with Crippen molar-refractivity contribution in [2.45, 2.75) is 11.0 Å². The Morgan fingerprint density at radius 1 is 0.600 bits per heavy atom. The fraction of sp³-hybridized carbons (Fsp3) is 1.00. The summed E-state index contributed by atoms with van der Waals surface area (Å²) < 4.78 is 99.0. The third-order valence-electron chi connectivity index (χ3n) is 0.378. The van der Waals surface area contributed by atoms with Crippen LogP contribution in [0.3, 0.4) is 0 Å². The first-order chi connectivity index (χ1) is 5.89. The minimum atomic E-state index is -5.08. The molecule has 0 aliphatic heterocycles. The summed E-state index contributed by atoms with van der Waals surface area (Å²) in [4.78, 5) is 0. The zero-order valence-electron chi connectivity index (χ0n) is 6.05. The fourth-order valence-corrected chi connectivity index (χ4v) is 0. The summed E-state index contributed by atoms with van der Waals surface area (Å²) in [5, 5.41) is 0. The van der Waals surface area contributed by atoms with Crippen LogP contribution in [-0.2, 0) is 55.0 Å². The molecule has 15 heavy (non-hydrogen) atoms. The van der Waals surface area contributed by atoms with Crippen LogP contribution in [0.1, 0.15) is 0 Å². The van der Waals surface area contributed by atoms with Crippen LogP contribution in [-0.4, -0.2) is 11.0 Å². The average molecular weight is 325 g/mol. The van der Waals surface area contributed by atoms with Gasteiger partial charge in [-0.25, -0.2) is 0 Å². The molecule has 0 N–H and O–H groups in total. The smallest absolute Gasteiger partial charge is 0.416 e. The van der Waals surface area contributed by atoms with E-state index in [4.69, 9.17) is 16.8 Å². The van der Waals surface area contributed by atoms with Crippen molar-refractivity contribution in [1.29, 1.82) is 0 Å². The van der Waals surface area contributed by atoms with Gasteiger partial charge in [-0.2, -0.15) is 26.3 Å². The Balaban J connectivity index is -0.000000180. The molecule has 0 aromatic carbocycles. The minimum absolute atomic E-state index is 0. The van der Waals surface area contributed by atoms with E-state index in [-0.39, 0.29) is 16.8 Å². The van der Waals surface area contributed by atoms with Gasteiger partial charge in [0.25, 0.3) is 0 Å². The van der Waals surface area contributed by atoms with Gasteiger partial charge in [-0.1, -0.05) is 0 Å². The summed E-state index contributed by atoms with van der Waals surface area (Å²) in [7, 11) is -7.87. The normalized spacial score (nSPS) is 11.7. The van der Waals surface area contributed by atoms with Gasteiger partial charge < -0.3 is 16.8 Å². The molecule has 0 aliphatic carbocycles. The number of alkyl halides is 6. The van der Waals surface area contributed by atoms with E-state index in [0.717, 1.165) is 0 Å². The van der Waals surface area contributed by atoms with E-state index >= 15 is 0 Å². The van der Waals surface area contributed by atoms with Gasteiger partial charge in [-0.15, -0.1) is 0 Å². The monoisotopic (exact) mass is 325 g/mol. The first-order valence-electron chi connectivity index (χ1n) is 2.21. The number of hydrogen-bond acceptors (Lipinski definition) is 6. The van der Waals surface area contributed by atoms with Gasteiger partial charge in [0.15, 0.2) is 0 Å². The molecule has 4 nitrogen and oxygen atoms in total. The molecule has 0 rings (SSSR count). The van der Waals surface area contributed by atoms with Crippen LogP contribution in [0.2, 0.25) is 0 Å². The van der Waals surface area contributed by atoms with Gasteiger partial charge in [0.1, 0.15) is 0 Å². The van der Waals surface area contributed by atoms with Crippen LogP contribution in [0.15, 0.2) is 0 Å². The molecule has 0 saturated heterocycles. The van der Waals surface area contributed by atoms with Gasteiger partial charge >= 0.3 is 27.8 Å². The molecule has 1 radical (unpaired) electrons. The fourth-order valence-electron chi connectivity index (χ4n) is 0. The van der Waals surface area contributed by atoms with E-state index in [1.54, 1.807) is 0 Å². The maximum absolute atomic E-state index is 10.6. The van der Waals surface area contributed by atoms with E-state index in [1.807, 2.05) is 0 Å².